The number of halogens is 1. The van der Waals surface area contributed by atoms with Gasteiger partial charge in [0.2, 0.25) is 5.91 Å². The maximum Gasteiger partial charge on any atom is 0.317 e. The van der Waals surface area contributed by atoms with E-state index in [-0.39, 0.29) is 30.9 Å². The lowest BCUT2D eigenvalue weighted by molar-refractivity contribution is -0.139. The number of fused-ring (bicyclic) bond motifs is 1. The van der Waals surface area contributed by atoms with Crippen LogP contribution in [0.5, 0.6) is 0 Å². The molecule has 26 heavy (non-hydrogen) atoms. The average molecular weight is 379 g/mol. The van der Waals surface area contributed by atoms with Crippen molar-refractivity contribution >= 4 is 35.1 Å². The Labute approximate surface area is 160 Å². The zero-order valence-electron chi connectivity index (χ0n) is 15.4. The summed E-state index contributed by atoms with van der Waals surface area (Å²) >= 11 is 0. The van der Waals surface area contributed by atoms with E-state index in [4.69, 9.17) is 5.11 Å². The highest BCUT2D eigenvalue weighted by Crippen LogP contribution is 2.20. The van der Waals surface area contributed by atoms with Crippen molar-refractivity contribution in [2.75, 3.05) is 13.1 Å². The molecular formula is C20H27ClN2O3. The van der Waals surface area contributed by atoms with Gasteiger partial charge in [-0.15, -0.1) is 12.4 Å². The Morgan fingerprint density at radius 1 is 1.12 bits per heavy atom. The number of benzene rings is 2. The molecule has 0 spiro atoms. The van der Waals surface area contributed by atoms with E-state index >= 15 is 0 Å². The number of amides is 1. The number of hydrogen-bond donors (Lipinski definition) is 2. The van der Waals surface area contributed by atoms with Gasteiger partial charge in [-0.05, 0) is 49.2 Å². The van der Waals surface area contributed by atoms with Gasteiger partial charge in [0.05, 0.1) is 18.6 Å². The maximum absolute atomic E-state index is 12.5. The Morgan fingerprint density at radius 2 is 1.77 bits per heavy atom. The van der Waals surface area contributed by atoms with Crippen LogP contribution in [0.4, 0.5) is 0 Å². The standard InChI is InChI=1S/C20H26N2O3.ClH/c1-4-11-22(13-19(23)24)15(3)20(25)21-14(2)17-10-9-16-7-5-6-8-18(16)12-17;/h5-10,12,14-15H,4,11,13H2,1-3H3,(H,21,25)(H,23,24);1H. The van der Waals surface area contributed by atoms with Gasteiger partial charge in [0, 0.05) is 0 Å². The molecule has 2 aromatic rings. The first-order valence-electron chi connectivity index (χ1n) is 8.67. The van der Waals surface area contributed by atoms with E-state index in [2.05, 4.69) is 17.4 Å². The Bertz CT molecular complexity index is 751. The fourth-order valence-corrected chi connectivity index (χ4v) is 2.93. The normalized spacial score (nSPS) is 13.1. The minimum Gasteiger partial charge on any atom is -0.480 e. The molecule has 2 rings (SSSR count). The lowest BCUT2D eigenvalue weighted by atomic mass is 10.0. The summed E-state index contributed by atoms with van der Waals surface area (Å²) in [4.78, 5) is 25.2. The van der Waals surface area contributed by atoms with Gasteiger partial charge in [0.15, 0.2) is 0 Å². The van der Waals surface area contributed by atoms with Crippen molar-refractivity contribution in [2.24, 2.45) is 0 Å². The van der Waals surface area contributed by atoms with Gasteiger partial charge in [0.1, 0.15) is 0 Å². The minimum atomic E-state index is -0.921. The first kappa shape index (κ1) is 21.9. The molecule has 2 atom stereocenters. The summed E-state index contributed by atoms with van der Waals surface area (Å²) < 4.78 is 0. The van der Waals surface area contributed by atoms with E-state index in [1.807, 2.05) is 44.2 Å². The van der Waals surface area contributed by atoms with Crippen LogP contribution < -0.4 is 5.32 Å². The number of nitrogens with zero attached hydrogens (tertiary/aromatic N) is 1. The summed E-state index contributed by atoms with van der Waals surface area (Å²) in [5.41, 5.74) is 1.03. The Kier molecular flexibility index (Phi) is 8.55. The molecule has 0 bridgehead atoms. The van der Waals surface area contributed by atoms with Crippen LogP contribution in [0.15, 0.2) is 42.5 Å². The van der Waals surface area contributed by atoms with Crippen LogP contribution in [0.1, 0.15) is 38.8 Å². The third-order valence-corrected chi connectivity index (χ3v) is 4.41. The van der Waals surface area contributed by atoms with E-state index in [1.54, 1.807) is 11.8 Å². The van der Waals surface area contributed by atoms with Crippen molar-refractivity contribution < 1.29 is 14.7 Å². The predicted molar refractivity (Wildman–Crippen MR) is 107 cm³/mol. The summed E-state index contributed by atoms with van der Waals surface area (Å²) in [7, 11) is 0. The lowest BCUT2D eigenvalue weighted by Crippen LogP contribution is -2.47. The Balaban J connectivity index is 0.00000338. The van der Waals surface area contributed by atoms with E-state index in [0.29, 0.717) is 6.54 Å². The molecule has 142 valence electrons. The number of nitrogens with one attached hydrogen (secondary N) is 1. The number of aliphatic carboxylic acids is 1. The van der Waals surface area contributed by atoms with Crippen LogP contribution in [0, 0.1) is 0 Å². The first-order chi connectivity index (χ1) is 11.9. The molecule has 0 fully saturated rings. The van der Waals surface area contributed by atoms with Crippen molar-refractivity contribution in [3.8, 4) is 0 Å². The van der Waals surface area contributed by atoms with Crippen LogP contribution in [0.25, 0.3) is 10.8 Å². The third kappa shape index (κ3) is 5.71. The summed E-state index contributed by atoms with van der Waals surface area (Å²) in [5, 5.41) is 14.3. The average Bonchev–Trinajstić information content (AvgIpc) is 2.59. The second kappa shape index (κ2) is 10.1. The Morgan fingerprint density at radius 3 is 2.38 bits per heavy atom. The molecule has 0 heterocycles. The molecule has 0 aliphatic carbocycles. The number of hydrogen-bond acceptors (Lipinski definition) is 3. The number of carboxylic acid groups (broad SMARTS) is 1. The molecule has 2 aromatic carbocycles. The van der Waals surface area contributed by atoms with Crippen molar-refractivity contribution in [3.63, 3.8) is 0 Å². The van der Waals surface area contributed by atoms with Crippen LogP contribution in [-0.4, -0.2) is 41.0 Å². The molecule has 2 unspecified atom stereocenters. The predicted octanol–water partition coefficient (Wildman–Crippen LogP) is 3.62. The van der Waals surface area contributed by atoms with Crippen molar-refractivity contribution in [1.29, 1.82) is 0 Å². The van der Waals surface area contributed by atoms with Gasteiger partial charge in [-0.1, -0.05) is 43.3 Å². The highest BCUT2D eigenvalue weighted by Gasteiger charge is 2.24. The SMILES string of the molecule is CCCN(CC(=O)O)C(C)C(=O)NC(C)c1ccc2ccccc2c1.Cl. The number of rotatable bonds is 8. The molecule has 0 aromatic heterocycles. The second-order valence-electron chi connectivity index (χ2n) is 6.38. The fourth-order valence-electron chi connectivity index (χ4n) is 2.93. The number of carbonyl (C=O) groups is 2. The van der Waals surface area contributed by atoms with Crippen LogP contribution in [-0.2, 0) is 9.59 Å². The largest absolute Gasteiger partial charge is 0.480 e. The summed E-state index contributed by atoms with van der Waals surface area (Å²) in [5.74, 6) is -1.08. The topological polar surface area (TPSA) is 69.6 Å². The first-order valence-corrected chi connectivity index (χ1v) is 8.67. The molecule has 6 heteroatoms. The monoisotopic (exact) mass is 378 g/mol. The van der Waals surface area contributed by atoms with E-state index in [9.17, 15) is 9.59 Å². The van der Waals surface area contributed by atoms with Crippen molar-refractivity contribution in [1.82, 2.24) is 10.2 Å². The molecule has 2 N–H and O–H groups in total. The molecule has 5 nitrogen and oxygen atoms in total. The molecule has 0 saturated heterocycles. The van der Waals surface area contributed by atoms with Crippen LogP contribution in [0.2, 0.25) is 0 Å². The maximum atomic E-state index is 12.5. The fraction of sp³-hybridized carbons (Fsp3) is 0.400. The van der Waals surface area contributed by atoms with Gasteiger partial charge in [-0.25, -0.2) is 0 Å². The van der Waals surface area contributed by atoms with E-state index < -0.39 is 12.0 Å². The summed E-state index contributed by atoms with van der Waals surface area (Å²) in [6.45, 7) is 6.10. The van der Waals surface area contributed by atoms with Crippen LogP contribution >= 0.6 is 12.4 Å². The zero-order valence-corrected chi connectivity index (χ0v) is 16.3. The highest BCUT2D eigenvalue weighted by molar-refractivity contribution is 5.85. The van der Waals surface area contributed by atoms with Crippen LogP contribution in [0.3, 0.4) is 0 Å². The highest BCUT2D eigenvalue weighted by atomic mass is 35.5. The molecule has 0 aliphatic rings. The van der Waals surface area contributed by atoms with Crippen molar-refractivity contribution in [2.45, 2.75) is 39.3 Å². The number of carboxylic acids is 1. The quantitative estimate of drug-likeness (QED) is 0.736. The van der Waals surface area contributed by atoms with Gasteiger partial charge in [-0.3, -0.25) is 14.5 Å². The van der Waals surface area contributed by atoms with Crippen molar-refractivity contribution in [3.05, 3.63) is 48.0 Å². The second-order valence-corrected chi connectivity index (χ2v) is 6.38. The smallest absolute Gasteiger partial charge is 0.317 e. The molecule has 0 aliphatic heterocycles. The van der Waals surface area contributed by atoms with E-state index in [0.717, 1.165) is 22.8 Å². The molecule has 0 saturated carbocycles. The summed E-state index contributed by atoms with van der Waals surface area (Å²) in [6.07, 6.45) is 0.797. The lowest BCUT2D eigenvalue weighted by Gasteiger charge is -2.27. The summed E-state index contributed by atoms with van der Waals surface area (Å²) in [6, 6.07) is 13.6. The van der Waals surface area contributed by atoms with Gasteiger partial charge >= 0.3 is 5.97 Å². The third-order valence-electron chi connectivity index (χ3n) is 4.41. The zero-order chi connectivity index (χ0) is 18.4. The van der Waals surface area contributed by atoms with E-state index in [1.165, 1.54) is 0 Å². The minimum absolute atomic E-state index is 0. The van der Waals surface area contributed by atoms with Gasteiger partial charge in [-0.2, -0.15) is 0 Å². The number of carbonyl (C=O) groups excluding carboxylic acids is 1. The van der Waals surface area contributed by atoms with Gasteiger partial charge in [0.25, 0.3) is 0 Å². The molecular weight excluding hydrogens is 352 g/mol. The van der Waals surface area contributed by atoms with Gasteiger partial charge < -0.3 is 10.4 Å². The molecule has 0 radical (unpaired) electrons. The Hall–Kier alpha value is -2.11. The molecule has 1 amide bonds.